The van der Waals surface area contributed by atoms with Crippen molar-refractivity contribution in [1.29, 1.82) is 0 Å². The first kappa shape index (κ1) is 8.26. The molecule has 3 heteroatoms. The van der Waals surface area contributed by atoms with Gasteiger partial charge in [-0.1, -0.05) is 29.8 Å². The molecule has 1 atom stereocenters. The average molecular weight is 177 g/mol. The van der Waals surface area contributed by atoms with Gasteiger partial charge in [-0.15, -0.1) is 0 Å². The van der Waals surface area contributed by atoms with Gasteiger partial charge in [0, 0.05) is 0 Å². The van der Waals surface area contributed by atoms with Crippen LogP contribution in [-0.4, -0.2) is 5.91 Å². The van der Waals surface area contributed by atoms with Gasteiger partial charge >= 0.3 is 0 Å². The molecule has 1 heterocycles. The second-order valence-corrected chi connectivity index (χ2v) is 3.25. The normalized spacial score (nSPS) is 21.6. The summed E-state index contributed by atoms with van der Waals surface area (Å²) >= 11 is 0. The summed E-state index contributed by atoms with van der Waals surface area (Å²) in [5.41, 5.74) is 4.60. The minimum Gasteiger partial charge on any atom is -0.273 e. The van der Waals surface area contributed by atoms with E-state index >= 15 is 0 Å². The Morgan fingerprint density at radius 3 is 2.62 bits per heavy atom. The van der Waals surface area contributed by atoms with Gasteiger partial charge in [-0.3, -0.25) is 9.63 Å². The topological polar surface area (TPSA) is 38.3 Å². The van der Waals surface area contributed by atoms with Gasteiger partial charge in [0.1, 0.15) is 6.10 Å². The standard InChI is InChI=1S/C10H11NO2/c1-7-2-4-8(5-3-7)9-6-10(12)11-13-9/h2-5,9H,6H2,1H3,(H,11,12). The smallest absolute Gasteiger partial charge is 0.246 e. The molecule has 0 aromatic heterocycles. The molecule has 1 N–H and O–H groups in total. The van der Waals surface area contributed by atoms with Gasteiger partial charge in [-0.2, -0.15) is 0 Å². The number of aryl methyl sites for hydroxylation is 1. The van der Waals surface area contributed by atoms with Crippen LogP contribution < -0.4 is 5.48 Å². The highest BCUT2D eigenvalue weighted by Gasteiger charge is 2.23. The number of hydrogen-bond donors (Lipinski definition) is 1. The molecule has 1 aliphatic rings. The molecule has 0 spiro atoms. The van der Waals surface area contributed by atoms with Crippen molar-refractivity contribution in [3.8, 4) is 0 Å². The number of rotatable bonds is 1. The first-order chi connectivity index (χ1) is 6.25. The van der Waals surface area contributed by atoms with E-state index in [9.17, 15) is 4.79 Å². The molecule has 0 saturated carbocycles. The molecule has 1 saturated heterocycles. The van der Waals surface area contributed by atoms with Gasteiger partial charge < -0.3 is 0 Å². The molecule has 0 bridgehead atoms. The Balaban J connectivity index is 2.17. The molecule has 1 amide bonds. The predicted molar refractivity (Wildman–Crippen MR) is 47.8 cm³/mol. The Morgan fingerprint density at radius 1 is 1.38 bits per heavy atom. The highest BCUT2D eigenvalue weighted by Crippen LogP contribution is 2.24. The van der Waals surface area contributed by atoms with E-state index in [1.807, 2.05) is 31.2 Å². The Bertz CT molecular complexity index is 318. The van der Waals surface area contributed by atoms with E-state index in [1.165, 1.54) is 5.56 Å². The van der Waals surface area contributed by atoms with Crippen molar-refractivity contribution in [2.24, 2.45) is 0 Å². The first-order valence-electron chi connectivity index (χ1n) is 4.27. The third-order valence-electron chi connectivity index (χ3n) is 2.13. The lowest BCUT2D eigenvalue weighted by Crippen LogP contribution is -2.11. The van der Waals surface area contributed by atoms with E-state index in [-0.39, 0.29) is 12.0 Å². The van der Waals surface area contributed by atoms with Crippen molar-refractivity contribution in [2.75, 3.05) is 0 Å². The fourth-order valence-corrected chi connectivity index (χ4v) is 1.36. The minimum absolute atomic E-state index is 0.0504. The van der Waals surface area contributed by atoms with Crippen molar-refractivity contribution in [2.45, 2.75) is 19.4 Å². The van der Waals surface area contributed by atoms with Crippen LogP contribution in [-0.2, 0) is 9.63 Å². The Morgan fingerprint density at radius 2 is 2.08 bits per heavy atom. The number of amides is 1. The second kappa shape index (κ2) is 3.18. The maximum absolute atomic E-state index is 10.9. The van der Waals surface area contributed by atoms with E-state index in [1.54, 1.807) is 0 Å². The number of carbonyl (C=O) groups excluding carboxylic acids is 1. The van der Waals surface area contributed by atoms with Crippen LogP contribution in [0.15, 0.2) is 24.3 Å². The molecule has 3 nitrogen and oxygen atoms in total. The van der Waals surface area contributed by atoms with Crippen molar-refractivity contribution in [1.82, 2.24) is 5.48 Å². The van der Waals surface area contributed by atoms with E-state index in [2.05, 4.69) is 5.48 Å². The zero-order valence-corrected chi connectivity index (χ0v) is 7.41. The van der Waals surface area contributed by atoms with E-state index in [0.717, 1.165) is 5.56 Å². The van der Waals surface area contributed by atoms with Crippen LogP contribution in [0.3, 0.4) is 0 Å². The summed E-state index contributed by atoms with van der Waals surface area (Å²) in [6.45, 7) is 2.03. The van der Waals surface area contributed by atoms with Crippen molar-refractivity contribution in [3.05, 3.63) is 35.4 Å². The molecule has 1 unspecified atom stereocenters. The van der Waals surface area contributed by atoms with Crippen LogP contribution in [0.5, 0.6) is 0 Å². The zero-order chi connectivity index (χ0) is 9.26. The van der Waals surface area contributed by atoms with Crippen LogP contribution in [0.1, 0.15) is 23.7 Å². The summed E-state index contributed by atoms with van der Waals surface area (Å²) in [5, 5.41) is 0. The fraction of sp³-hybridized carbons (Fsp3) is 0.300. The predicted octanol–water partition coefficient (Wildman–Crippen LogP) is 1.49. The summed E-state index contributed by atoms with van der Waals surface area (Å²) in [5.74, 6) is -0.0504. The first-order valence-corrected chi connectivity index (χ1v) is 4.27. The molecule has 2 rings (SSSR count). The highest BCUT2D eigenvalue weighted by atomic mass is 16.7. The lowest BCUT2D eigenvalue weighted by Gasteiger charge is -2.06. The fourth-order valence-electron chi connectivity index (χ4n) is 1.36. The van der Waals surface area contributed by atoms with Crippen LogP contribution in [0.2, 0.25) is 0 Å². The van der Waals surface area contributed by atoms with Gasteiger partial charge in [-0.05, 0) is 12.5 Å². The van der Waals surface area contributed by atoms with Crippen LogP contribution in [0.4, 0.5) is 0 Å². The lowest BCUT2D eigenvalue weighted by atomic mass is 10.1. The molecule has 13 heavy (non-hydrogen) atoms. The molecule has 1 fully saturated rings. The monoisotopic (exact) mass is 177 g/mol. The van der Waals surface area contributed by atoms with Gasteiger partial charge in [0.2, 0.25) is 5.91 Å². The van der Waals surface area contributed by atoms with E-state index in [0.29, 0.717) is 6.42 Å². The second-order valence-electron chi connectivity index (χ2n) is 3.25. The number of benzene rings is 1. The number of hydroxylamine groups is 1. The van der Waals surface area contributed by atoms with Gasteiger partial charge in [0.25, 0.3) is 0 Å². The van der Waals surface area contributed by atoms with Gasteiger partial charge in [0.05, 0.1) is 6.42 Å². The van der Waals surface area contributed by atoms with E-state index in [4.69, 9.17) is 4.84 Å². The summed E-state index contributed by atoms with van der Waals surface area (Å²) in [7, 11) is 0. The minimum atomic E-state index is -0.118. The van der Waals surface area contributed by atoms with Crippen LogP contribution in [0.25, 0.3) is 0 Å². The maximum Gasteiger partial charge on any atom is 0.246 e. The summed E-state index contributed by atoms with van der Waals surface area (Å²) in [4.78, 5) is 15.9. The maximum atomic E-state index is 10.9. The summed E-state index contributed by atoms with van der Waals surface area (Å²) in [6, 6.07) is 8.00. The van der Waals surface area contributed by atoms with Gasteiger partial charge in [0.15, 0.2) is 0 Å². The quantitative estimate of drug-likeness (QED) is 0.705. The third-order valence-corrected chi connectivity index (χ3v) is 2.13. The molecular formula is C10H11NO2. The van der Waals surface area contributed by atoms with Crippen molar-refractivity contribution >= 4 is 5.91 Å². The van der Waals surface area contributed by atoms with Gasteiger partial charge in [-0.25, -0.2) is 5.48 Å². The Kier molecular flexibility index (Phi) is 2.02. The zero-order valence-electron chi connectivity index (χ0n) is 7.41. The number of carbonyl (C=O) groups is 1. The molecule has 1 aromatic carbocycles. The molecule has 1 aliphatic heterocycles. The molecule has 0 radical (unpaired) electrons. The van der Waals surface area contributed by atoms with Crippen molar-refractivity contribution < 1.29 is 9.63 Å². The lowest BCUT2D eigenvalue weighted by molar-refractivity contribution is -0.124. The SMILES string of the molecule is Cc1ccc(C2CC(=O)NO2)cc1. The Labute approximate surface area is 76.7 Å². The van der Waals surface area contributed by atoms with Crippen LogP contribution in [0, 0.1) is 6.92 Å². The molecule has 68 valence electrons. The van der Waals surface area contributed by atoms with E-state index < -0.39 is 0 Å². The third kappa shape index (κ3) is 1.70. The average Bonchev–Trinajstić information content (AvgIpc) is 2.53. The molecule has 0 aliphatic carbocycles. The Hall–Kier alpha value is -1.35. The van der Waals surface area contributed by atoms with Crippen LogP contribution >= 0.6 is 0 Å². The number of nitrogens with one attached hydrogen (secondary N) is 1. The molecular weight excluding hydrogens is 166 g/mol. The van der Waals surface area contributed by atoms with Crippen molar-refractivity contribution in [3.63, 3.8) is 0 Å². The largest absolute Gasteiger partial charge is 0.273 e. The molecule has 1 aromatic rings. The summed E-state index contributed by atoms with van der Waals surface area (Å²) < 4.78 is 0. The number of hydrogen-bond acceptors (Lipinski definition) is 2. The summed E-state index contributed by atoms with van der Waals surface area (Å²) in [6.07, 6.45) is 0.302. The highest BCUT2D eigenvalue weighted by molar-refractivity contribution is 5.77.